The van der Waals surface area contributed by atoms with Crippen molar-refractivity contribution in [1.82, 2.24) is 0 Å². The number of methoxy groups -OCH3 is 1. The van der Waals surface area contributed by atoms with E-state index in [1.54, 1.807) is 29.2 Å². The van der Waals surface area contributed by atoms with Gasteiger partial charge in [0, 0.05) is 18.7 Å². The Balaban J connectivity index is 2.04. The summed E-state index contributed by atoms with van der Waals surface area (Å²) < 4.78 is 9.92. The lowest BCUT2D eigenvalue weighted by molar-refractivity contribution is -0.145. The van der Waals surface area contributed by atoms with Crippen molar-refractivity contribution in [3.05, 3.63) is 24.3 Å². The van der Waals surface area contributed by atoms with E-state index in [0.717, 1.165) is 5.69 Å². The minimum atomic E-state index is -0.405. The highest BCUT2D eigenvalue weighted by Crippen LogP contribution is 2.27. The molecule has 6 nitrogen and oxygen atoms in total. The van der Waals surface area contributed by atoms with Gasteiger partial charge in [0.2, 0.25) is 5.91 Å². The van der Waals surface area contributed by atoms with E-state index in [1.807, 2.05) is 0 Å². The van der Waals surface area contributed by atoms with E-state index in [-0.39, 0.29) is 31.5 Å². The van der Waals surface area contributed by atoms with Gasteiger partial charge in [-0.3, -0.25) is 9.59 Å². The fourth-order valence-electron chi connectivity index (χ4n) is 2.17. The quantitative estimate of drug-likeness (QED) is 0.798. The van der Waals surface area contributed by atoms with Crippen LogP contribution in [0.3, 0.4) is 0 Å². The minimum absolute atomic E-state index is 0.0484. The van der Waals surface area contributed by atoms with Crippen molar-refractivity contribution < 1.29 is 24.2 Å². The fraction of sp³-hybridized carbons (Fsp3) is 0.429. The molecule has 6 heteroatoms. The largest absolute Gasteiger partial charge is 0.491 e. The second kappa shape index (κ2) is 6.38. The van der Waals surface area contributed by atoms with E-state index < -0.39 is 5.92 Å². The summed E-state index contributed by atoms with van der Waals surface area (Å²) in [6, 6.07) is 6.96. The summed E-state index contributed by atoms with van der Waals surface area (Å²) in [7, 11) is 1.32. The Hall–Kier alpha value is -2.08. The lowest BCUT2D eigenvalue weighted by atomic mass is 10.1. The molecule has 1 aliphatic rings. The first-order valence-corrected chi connectivity index (χ1v) is 6.37. The number of carbonyl (C=O) groups excluding carboxylic acids is 2. The fourth-order valence-corrected chi connectivity index (χ4v) is 2.17. The van der Waals surface area contributed by atoms with Gasteiger partial charge in [-0.15, -0.1) is 0 Å². The number of aliphatic hydroxyl groups is 1. The third-order valence-electron chi connectivity index (χ3n) is 3.17. The van der Waals surface area contributed by atoms with Crippen molar-refractivity contribution >= 4 is 17.6 Å². The topological polar surface area (TPSA) is 76.1 Å². The van der Waals surface area contributed by atoms with Gasteiger partial charge >= 0.3 is 5.97 Å². The first-order chi connectivity index (χ1) is 9.65. The van der Waals surface area contributed by atoms with Crippen LogP contribution < -0.4 is 9.64 Å². The molecular formula is C14H17NO5. The van der Waals surface area contributed by atoms with Crippen LogP contribution in [0.5, 0.6) is 5.75 Å². The molecule has 1 saturated heterocycles. The molecule has 1 aromatic rings. The number of ether oxygens (including phenoxy) is 2. The van der Waals surface area contributed by atoms with Crippen molar-refractivity contribution in [3.63, 3.8) is 0 Å². The molecule has 1 atom stereocenters. The Morgan fingerprint density at radius 3 is 2.70 bits per heavy atom. The van der Waals surface area contributed by atoms with E-state index in [9.17, 15) is 9.59 Å². The van der Waals surface area contributed by atoms with Gasteiger partial charge in [-0.25, -0.2) is 0 Å². The maximum Gasteiger partial charge on any atom is 0.311 e. The molecule has 0 aromatic heterocycles. The molecule has 1 N–H and O–H groups in total. The van der Waals surface area contributed by atoms with Gasteiger partial charge in [-0.05, 0) is 24.3 Å². The minimum Gasteiger partial charge on any atom is -0.491 e. The zero-order valence-electron chi connectivity index (χ0n) is 11.2. The van der Waals surface area contributed by atoms with Crippen LogP contribution in [0.4, 0.5) is 5.69 Å². The number of carbonyl (C=O) groups is 2. The van der Waals surface area contributed by atoms with Crippen LogP contribution in [0, 0.1) is 5.92 Å². The summed E-state index contributed by atoms with van der Waals surface area (Å²) in [6.45, 7) is 0.516. The van der Waals surface area contributed by atoms with Gasteiger partial charge < -0.3 is 19.5 Å². The maximum absolute atomic E-state index is 11.9. The second-order valence-corrected chi connectivity index (χ2v) is 4.49. The molecule has 0 saturated carbocycles. The Morgan fingerprint density at radius 1 is 1.40 bits per heavy atom. The van der Waals surface area contributed by atoms with Crippen molar-refractivity contribution in [2.75, 3.05) is 31.8 Å². The van der Waals surface area contributed by atoms with E-state index in [0.29, 0.717) is 12.3 Å². The summed E-state index contributed by atoms with van der Waals surface area (Å²) in [4.78, 5) is 24.9. The zero-order chi connectivity index (χ0) is 14.5. The van der Waals surface area contributed by atoms with E-state index in [4.69, 9.17) is 9.84 Å². The molecule has 0 spiro atoms. The number of esters is 1. The average molecular weight is 279 g/mol. The Kier molecular flexibility index (Phi) is 4.57. The van der Waals surface area contributed by atoms with Gasteiger partial charge in [0.25, 0.3) is 0 Å². The Bertz CT molecular complexity index is 485. The molecule has 108 valence electrons. The summed E-state index contributed by atoms with van der Waals surface area (Å²) >= 11 is 0. The predicted octanol–water partition coefficient (Wildman–Crippen LogP) is 0.584. The predicted molar refractivity (Wildman–Crippen MR) is 71.5 cm³/mol. The Labute approximate surface area is 116 Å². The van der Waals surface area contributed by atoms with E-state index in [2.05, 4.69) is 4.74 Å². The third kappa shape index (κ3) is 3.08. The molecule has 20 heavy (non-hydrogen) atoms. The van der Waals surface area contributed by atoms with Crippen LogP contribution in [0.2, 0.25) is 0 Å². The normalized spacial score (nSPS) is 18.2. The highest BCUT2D eigenvalue weighted by molar-refractivity contribution is 5.99. The summed E-state index contributed by atoms with van der Waals surface area (Å²) in [6.07, 6.45) is 0.176. The molecule has 1 heterocycles. The number of hydrogen-bond acceptors (Lipinski definition) is 5. The molecule has 1 aromatic carbocycles. The number of benzene rings is 1. The summed E-state index contributed by atoms with van der Waals surface area (Å²) in [5.74, 6) is -0.232. The van der Waals surface area contributed by atoms with E-state index >= 15 is 0 Å². The van der Waals surface area contributed by atoms with Gasteiger partial charge in [0.15, 0.2) is 0 Å². The van der Waals surface area contributed by atoms with E-state index in [1.165, 1.54) is 7.11 Å². The molecule has 1 unspecified atom stereocenters. The average Bonchev–Trinajstić information content (AvgIpc) is 2.87. The van der Waals surface area contributed by atoms with Gasteiger partial charge in [0.05, 0.1) is 19.6 Å². The molecule has 1 fully saturated rings. The first kappa shape index (κ1) is 14.3. The van der Waals surface area contributed by atoms with Gasteiger partial charge in [-0.2, -0.15) is 0 Å². The molecule has 0 radical (unpaired) electrons. The molecular weight excluding hydrogens is 262 g/mol. The van der Waals surface area contributed by atoms with Crippen molar-refractivity contribution in [1.29, 1.82) is 0 Å². The van der Waals surface area contributed by atoms with Crippen LogP contribution >= 0.6 is 0 Å². The maximum atomic E-state index is 11.9. The van der Waals surface area contributed by atoms with Crippen LogP contribution in [0.25, 0.3) is 0 Å². The molecule has 1 amide bonds. The van der Waals surface area contributed by atoms with Gasteiger partial charge in [0.1, 0.15) is 12.4 Å². The number of amides is 1. The van der Waals surface area contributed by atoms with Crippen LogP contribution in [0.1, 0.15) is 6.42 Å². The SMILES string of the molecule is COC(=O)C1CC(=O)N(c2ccc(OCCO)cc2)C1. The molecule has 1 aliphatic heterocycles. The standard InChI is InChI=1S/C14H17NO5/c1-19-14(18)10-8-13(17)15(9-10)11-2-4-12(5-3-11)20-7-6-16/h2-5,10,16H,6-9H2,1H3. The molecule has 2 rings (SSSR count). The van der Waals surface area contributed by atoms with Gasteiger partial charge in [-0.1, -0.05) is 0 Å². The van der Waals surface area contributed by atoms with Crippen LogP contribution in [-0.2, 0) is 14.3 Å². The number of rotatable bonds is 5. The third-order valence-corrected chi connectivity index (χ3v) is 3.17. The second-order valence-electron chi connectivity index (χ2n) is 4.49. The molecule has 0 bridgehead atoms. The highest BCUT2D eigenvalue weighted by atomic mass is 16.5. The highest BCUT2D eigenvalue weighted by Gasteiger charge is 2.35. The Morgan fingerprint density at radius 2 is 2.10 bits per heavy atom. The van der Waals surface area contributed by atoms with Crippen LogP contribution in [-0.4, -0.2) is 43.9 Å². The monoisotopic (exact) mass is 279 g/mol. The molecule has 0 aliphatic carbocycles. The zero-order valence-corrected chi connectivity index (χ0v) is 11.2. The van der Waals surface area contributed by atoms with Crippen LogP contribution in [0.15, 0.2) is 24.3 Å². The number of nitrogens with zero attached hydrogens (tertiary/aromatic N) is 1. The summed E-state index contributed by atoms with van der Waals surface area (Å²) in [5, 5.41) is 8.67. The van der Waals surface area contributed by atoms with Crippen molar-refractivity contribution in [3.8, 4) is 5.75 Å². The van der Waals surface area contributed by atoms with Crippen molar-refractivity contribution in [2.45, 2.75) is 6.42 Å². The van der Waals surface area contributed by atoms with Crippen molar-refractivity contribution in [2.24, 2.45) is 5.92 Å². The first-order valence-electron chi connectivity index (χ1n) is 6.37. The lowest BCUT2D eigenvalue weighted by Gasteiger charge is -2.16. The smallest absolute Gasteiger partial charge is 0.311 e. The lowest BCUT2D eigenvalue weighted by Crippen LogP contribution is -2.26. The number of aliphatic hydroxyl groups excluding tert-OH is 1. The summed E-state index contributed by atoms with van der Waals surface area (Å²) in [5.41, 5.74) is 0.720. The number of anilines is 1. The number of hydrogen-bond donors (Lipinski definition) is 1.